The van der Waals surface area contributed by atoms with Crippen molar-refractivity contribution in [2.45, 2.75) is 12.3 Å². The van der Waals surface area contributed by atoms with E-state index in [1.165, 1.54) is 0 Å². The van der Waals surface area contributed by atoms with E-state index in [0.29, 0.717) is 35.8 Å². The van der Waals surface area contributed by atoms with Crippen LogP contribution in [0.2, 0.25) is 0 Å². The molecule has 0 spiro atoms. The van der Waals surface area contributed by atoms with Crippen LogP contribution in [-0.2, 0) is 10.2 Å². The van der Waals surface area contributed by atoms with Crippen LogP contribution in [0.1, 0.15) is 22.8 Å². The largest absolute Gasteiger partial charge is 0.486 e. The van der Waals surface area contributed by atoms with Crippen molar-refractivity contribution >= 4 is 11.9 Å². The molecule has 1 atom stereocenters. The van der Waals surface area contributed by atoms with Crippen LogP contribution in [0, 0.1) is 0 Å². The lowest BCUT2D eigenvalue weighted by Crippen LogP contribution is -2.44. The van der Waals surface area contributed by atoms with Crippen molar-refractivity contribution < 1.29 is 24.2 Å². The van der Waals surface area contributed by atoms with Crippen LogP contribution in [0.5, 0.6) is 11.5 Å². The minimum absolute atomic E-state index is 0.0459. The van der Waals surface area contributed by atoms with Crippen molar-refractivity contribution in [3.05, 3.63) is 59.7 Å². The Morgan fingerprint density at radius 2 is 1.80 bits per heavy atom. The Labute approximate surface area is 145 Å². The van der Waals surface area contributed by atoms with Gasteiger partial charge in [-0.25, -0.2) is 0 Å². The number of carboxylic acid groups (broad SMARTS) is 1. The lowest BCUT2D eigenvalue weighted by Gasteiger charge is -2.26. The van der Waals surface area contributed by atoms with E-state index in [1.54, 1.807) is 49.4 Å². The Morgan fingerprint density at radius 3 is 2.52 bits per heavy atom. The summed E-state index contributed by atoms with van der Waals surface area (Å²) in [6.45, 7) is 2.35. The highest BCUT2D eigenvalue weighted by molar-refractivity contribution is 5.98. The Bertz CT molecular complexity index is 790. The standard InChI is InChI=1S/C19H19NO5/c1-19(18(22)23,13-6-3-2-4-7-13)12-20-17(21)14-8-5-9-15-16(14)25-11-10-24-15/h2-9H,10-12H2,1H3,(H,20,21)(H,22,23). The van der Waals surface area contributed by atoms with E-state index in [0.717, 1.165) is 0 Å². The Morgan fingerprint density at radius 1 is 1.08 bits per heavy atom. The Hall–Kier alpha value is -3.02. The number of fused-ring (bicyclic) bond motifs is 1. The minimum Gasteiger partial charge on any atom is -0.486 e. The molecule has 25 heavy (non-hydrogen) atoms. The molecule has 2 N–H and O–H groups in total. The summed E-state index contributed by atoms with van der Waals surface area (Å²) in [7, 11) is 0. The third-order valence-electron chi connectivity index (χ3n) is 4.30. The first-order valence-corrected chi connectivity index (χ1v) is 7.98. The summed E-state index contributed by atoms with van der Waals surface area (Å²) in [5.74, 6) is -0.495. The van der Waals surface area contributed by atoms with Crippen molar-refractivity contribution in [3.8, 4) is 11.5 Å². The summed E-state index contributed by atoms with van der Waals surface area (Å²) >= 11 is 0. The van der Waals surface area contributed by atoms with E-state index in [9.17, 15) is 14.7 Å². The van der Waals surface area contributed by atoms with Gasteiger partial charge in [0.25, 0.3) is 5.91 Å². The van der Waals surface area contributed by atoms with Gasteiger partial charge in [-0.15, -0.1) is 0 Å². The molecule has 0 saturated heterocycles. The Kier molecular flexibility index (Phi) is 4.61. The third kappa shape index (κ3) is 3.28. The number of hydrogen-bond acceptors (Lipinski definition) is 4. The molecule has 6 heteroatoms. The maximum Gasteiger partial charge on any atom is 0.315 e. The molecule has 0 aliphatic carbocycles. The van der Waals surface area contributed by atoms with Gasteiger partial charge in [-0.05, 0) is 24.6 Å². The van der Waals surface area contributed by atoms with Crippen LogP contribution in [0.15, 0.2) is 48.5 Å². The predicted octanol–water partition coefficient (Wildman–Crippen LogP) is 2.23. The molecule has 1 unspecified atom stereocenters. The summed E-state index contributed by atoms with van der Waals surface area (Å²) in [4.78, 5) is 24.4. The number of benzene rings is 2. The molecule has 0 aromatic heterocycles. The minimum atomic E-state index is -1.23. The monoisotopic (exact) mass is 341 g/mol. The molecule has 1 aliphatic heterocycles. The fourth-order valence-corrected chi connectivity index (χ4v) is 2.71. The van der Waals surface area contributed by atoms with Crippen molar-refractivity contribution in [1.82, 2.24) is 5.32 Å². The molecule has 0 radical (unpaired) electrons. The number of carboxylic acids is 1. The van der Waals surface area contributed by atoms with E-state index in [1.807, 2.05) is 6.07 Å². The first-order valence-electron chi connectivity index (χ1n) is 7.98. The molecule has 0 fully saturated rings. The normalized spacial score (nSPS) is 15.1. The number of carbonyl (C=O) groups is 2. The van der Waals surface area contributed by atoms with Gasteiger partial charge >= 0.3 is 5.97 Å². The number of hydrogen-bond donors (Lipinski definition) is 2. The van der Waals surface area contributed by atoms with E-state index in [-0.39, 0.29) is 6.54 Å². The highest BCUT2D eigenvalue weighted by atomic mass is 16.6. The smallest absolute Gasteiger partial charge is 0.315 e. The highest BCUT2D eigenvalue weighted by Crippen LogP contribution is 2.33. The number of para-hydroxylation sites is 1. The fraction of sp³-hybridized carbons (Fsp3) is 0.263. The molecule has 3 rings (SSSR count). The number of nitrogens with one attached hydrogen (secondary N) is 1. The van der Waals surface area contributed by atoms with Crippen molar-refractivity contribution in [2.75, 3.05) is 19.8 Å². The van der Waals surface area contributed by atoms with Crippen LogP contribution in [0.25, 0.3) is 0 Å². The van der Waals surface area contributed by atoms with Gasteiger partial charge in [-0.2, -0.15) is 0 Å². The molecule has 1 aliphatic rings. The van der Waals surface area contributed by atoms with Crippen LogP contribution >= 0.6 is 0 Å². The zero-order valence-corrected chi connectivity index (χ0v) is 13.8. The molecule has 130 valence electrons. The van der Waals surface area contributed by atoms with E-state index >= 15 is 0 Å². The molecular formula is C19H19NO5. The van der Waals surface area contributed by atoms with E-state index < -0.39 is 17.3 Å². The summed E-state index contributed by atoms with van der Waals surface area (Å²) in [5, 5.41) is 12.4. The molecule has 6 nitrogen and oxygen atoms in total. The van der Waals surface area contributed by atoms with Gasteiger partial charge in [0.15, 0.2) is 11.5 Å². The van der Waals surface area contributed by atoms with E-state index in [4.69, 9.17) is 9.47 Å². The average Bonchev–Trinajstić information content (AvgIpc) is 2.66. The number of carbonyl (C=O) groups excluding carboxylic acids is 1. The first-order chi connectivity index (χ1) is 12.0. The lowest BCUT2D eigenvalue weighted by molar-refractivity contribution is -0.142. The quantitative estimate of drug-likeness (QED) is 0.871. The molecule has 2 aromatic rings. The number of ether oxygens (including phenoxy) is 2. The summed E-state index contributed by atoms with van der Waals surface area (Å²) in [6, 6.07) is 13.9. The van der Waals surface area contributed by atoms with Gasteiger partial charge in [0.2, 0.25) is 0 Å². The molecule has 1 amide bonds. The van der Waals surface area contributed by atoms with Crippen LogP contribution in [0.3, 0.4) is 0 Å². The zero-order chi connectivity index (χ0) is 17.9. The molecule has 0 bridgehead atoms. The predicted molar refractivity (Wildman–Crippen MR) is 91.2 cm³/mol. The zero-order valence-electron chi connectivity index (χ0n) is 13.8. The fourth-order valence-electron chi connectivity index (χ4n) is 2.71. The summed E-state index contributed by atoms with van der Waals surface area (Å²) < 4.78 is 11.0. The maximum absolute atomic E-state index is 12.6. The number of aliphatic carboxylic acids is 1. The highest BCUT2D eigenvalue weighted by Gasteiger charge is 2.36. The molecule has 1 heterocycles. The van der Waals surface area contributed by atoms with Crippen LogP contribution in [0.4, 0.5) is 0 Å². The molecule has 0 saturated carbocycles. The van der Waals surface area contributed by atoms with Crippen molar-refractivity contribution in [3.63, 3.8) is 0 Å². The average molecular weight is 341 g/mol. The van der Waals surface area contributed by atoms with Crippen LogP contribution in [-0.4, -0.2) is 36.7 Å². The summed E-state index contributed by atoms with van der Waals surface area (Å²) in [6.07, 6.45) is 0. The summed E-state index contributed by atoms with van der Waals surface area (Å²) in [5.41, 5.74) is -0.279. The topological polar surface area (TPSA) is 84.9 Å². The van der Waals surface area contributed by atoms with Crippen molar-refractivity contribution in [2.24, 2.45) is 0 Å². The van der Waals surface area contributed by atoms with Gasteiger partial charge < -0.3 is 19.9 Å². The second-order valence-corrected chi connectivity index (χ2v) is 6.02. The number of rotatable bonds is 5. The lowest BCUT2D eigenvalue weighted by atomic mass is 9.82. The SMILES string of the molecule is CC(CNC(=O)c1cccc2c1OCCO2)(C(=O)O)c1ccccc1. The second-order valence-electron chi connectivity index (χ2n) is 6.02. The van der Waals surface area contributed by atoms with Gasteiger partial charge in [0.1, 0.15) is 18.6 Å². The maximum atomic E-state index is 12.6. The second kappa shape index (κ2) is 6.84. The Balaban J connectivity index is 1.80. The molecule has 2 aromatic carbocycles. The molecular weight excluding hydrogens is 322 g/mol. The van der Waals surface area contributed by atoms with Gasteiger partial charge in [0, 0.05) is 6.54 Å². The van der Waals surface area contributed by atoms with Crippen molar-refractivity contribution in [1.29, 1.82) is 0 Å². The van der Waals surface area contributed by atoms with Gasteiger partial charge in [-0.1, -0.05) is 36.4 Å². The number of amides is 1. The van der Waals surface area contributed by atoms with Crippen LogP contribution < -0.4 is 14.8 Å². The van der Waals surface area contributed by atoms with E-state index in [2.05, 4.69) is 5.32 Å². The van der Waals surface area contributed by atoms with Gasteiger partial charge in [0.05, 0.1) is 5.56 Å². The third-order valence-corrected chi connectivity index (χ3v) is 4.30. The van der Waals surface area contributed by atoms with Gasteiger partial charge in [-0.3, -0.25) is 9.59 Å². The first kappa shape index (κ1) is 16.8.